The van der Waals surface area contributed by atoms with E-state index in [2.05, 4.69) is 25.1 Å². The lowest BCUT2D eigenvalue weighted by Crippen LogP contribution is -2.17. The van der Waals surface area contributed by atoms with Gasteiger partial charge in [-0.15, -0.1) is 23.4 Å². The Morgan fingerprint density at radius 2 is 1.90 bits per heavy atom. The first kappa shape index (κ1) is 21.1. The maximum absolute atomic E-state index is 12.3. The van der Waals surface area contributed by atoms with Crippen molar-refractivity contribution < 1.29 is 32.3 Å². The molecule has 3 rings (SSSR count). The van der Waals surface area contributed by atoms with Crippen LogP contribution in [0.2, 0.25) is 0 Å². The molecule has 0 amide bonds. The van der Waals surface area contributed by atoms with Crippen molar-refractivity contribution >= 4 is 5.90 Å². The van der Waals surface area contributed by atoms with E-state index in [9.17, 15) is 18.4 Å². The van der Waals surface area contributed by atoms with Crippen LogP contribution in [-0.2, 0) is 0 Å². The van der Waals surface area contributed by atoms with Crippen LogP contribution in [-0.4, -0.2) is 32.6 Å². The fourth-order valence-corrected chi connectivity index (χ4v) is 2.62. The Labute approximate surface area is 169 Å². The van der Waals surface area contributed by atoms with Gasteiger partial charge in [0.05, 0.1) is 11.8 Å². The van der Waals surface area contributed by atoms with E-state index in [4.69, 9.17) is 9.15 Å². The second-order valence-corrected chi connectivity index (χ2v) is 6.35. The van der Waals surface area contributed by atoms with Crippen LogP contribution >= 0.6 is 0 Å². The molecule has 0 aliphatic heterocycles. The van der Waals surface area contributed by atoms with Gasteiger partial charge in [0.2, 0.25) is 17.7 Å². The minimum absolute atomic E-state index is 0.00113. The van der Waals surface area contributed by atoms with Crippen molar-refractivity contribution in [2.75, 3.05) is 0 Å². The van der Waals surface area contributed by atoms with Crippen molar-refractivity contribution in [3.05, 3.63) is 54.2 Å². The van der Waals surface area contributed by atoms with Gasteiger partial charge in [0, 0.05) is 19.5 Å². The van der Waals surface area contributed by atoms with E-state index >= 15 is 0 Å². The lowest BCUT2D eigenvalue weighted by molar-refractivity contribution is -0.274. The Kier molecular flexibility index (Phi) is 6.19. The van der Waals surface area contributed by atoms with Gasteiger partial charge < -0.3 is 19.1 Å². The molecule has 0 aliphatic rings. The Morgan fingerprint density at radius 3 is 2.50 bits per heavy atom. The number of oxime groups is 1. The molecule has 1 N–H and O–H groups in total. The largest absolute Gasteiger partial charge is 0.573 e. The molecule has 1 aromatic carbocycles. The quantitative estimate of drug-likeness (QED) is 0.266. The van der Waals surface area contributed by atoms with Crippen molar-refractivity contribution in [1.82, 2.24) is 15.2 Å². The minimum Gasteiger partial charge on any atom is -0.438 e. The third-order valence-corrected chi connectivity index (χ3v) is 4.00. The summed E-state index contributed by atoms with van der Waals surface area (Å²) in [4.78, 5) is 4.04. The van der Waals surface area contributed by atoms with Gasteiger partial charge in [-0.1, -0.05) is 24.2 Å². The van der Waals surface area contributed by atoms with Gasteiger partial charge >= 0.3 is 6.36 Å². The minimum atomic E-state index is -4.75. The summed E-state index contributed by atoms with van der Waals surface area (Å²) in [7, 11) is 0. The van der Waals surface area contributed by atoms with E-state index in [-0.39, 0.29) is 35.6 Å². The van der Waals surface area contributed by atoms with E-state index in [1.54, 1.807) is 13.0 Å². The number of hydrogen-bond acceptors (Lipinski definition) is 8. The summed E-state index contributed by atoms with van der Waals surface area (Å²) in [6.07, 6.45) is -1.63. The van der Waals surface area contributed by atoms with Crippen LogP contribution in [0.1, 0.15) is 30.7 Å². The van der Waals surface area contributed by atoms with Gasteiger partial charge in [-0.05, 0) is 29.7 Å². The molecule has 158 valence electrons. The number of aryl methyl sites for hydroxylation is 1. The van der Waals surface area contributed by atoms with Gasteiger partial charge in [0.1, 0.15) is 11.5 Å². The second kappa shape index (κ2) is 8.80. The summed E-state index contributed by atoms with van der Waals surface area (Å²) in [5.41, 5.74) is 1.24. The first-order valence-corrected chi connectivity index (χ1v) is 8.73. The van der Waals surface area contributed by atoms with Gasteiger partial charge in [0.15, 0.2) is 0 Å². The van der Waals surface area contributed by atoms with Gasteiger partial charge in [0.25, 0.3) is 0 Å². The summed E-state index contributed by atoms with van der Waals surface area (Å²) in [6.45, 7) is 3.47. The summed E-state index contributed by atoms with van der Waals surface area (Å²) in [5, 5.41) is 20.1. The smallest absolute Gasteiger partial charge is 0.438 e. The molecule has 0 radical (unpaired) electrons. The predicted octanol–water partition coefficient (Wildman–Crippen LogP) is 4.70. The van der Waals surface area contributed by atoms with Crippen molar-refractivity contribution in [3.63, 3.8) is 0 Å². The molecule has 0 saturated carbocycles. The van der Waals surface area contributed by atoms with Crippen LogP contribution < -0.4 is 9.47 Å². The average molecular weight is 422 g/mol. The summed E-state index contributed by atoms with van der Waals surface area (Å²) >= 11 is 0. The second-order valence-electron chi connectivity index (χ2n) is 6.35. The predicted molar refractivity (Wildman–Crippen MR) is 98.3 cm³/mol. The molecule has 2 aromatic heterocycles. The number of benzene rings is 1. The molecular formula is C19H17F3N4O4. The first-order chi connectivity index (χ1) is 14.2. The van der Waals surface area contributed by atoms with Crippen LogP contribution in [0.3, 0.4) is 0 Å². The zero-order chi connectivity index (χ0) is 21.7. The molecule has 1 unspecified atom stereocenters. The van der Waals surface area contributed by atoms with Crippen molar-refractivity contribution in [2.45, 2.75) is 32.5 Å². The summed E-state index contributed by atoms with van der Waals surface area (Å²) in [5.74, 6) is 0.420. The molecule has 30 heavy (non-hydrogen) atoms. The summed E-state index contributed by atoms with van der Waals surface area (Å²) < 4.78 is 51.6. The number of alkyl halides is 3. The molecule has 11 heteroatoms. The highest BCUT2D eigenvalue weighted by atomic mass is 19.4. The van der Waals surface area contributed by atoms with E-state index in [1.165, 1.54) is 36.7 Å². The molecule has 2 heterocycles. The van der Waals surface area contributed by atoms with E-state index in [0.717, 1.165) is 0 Å². The third-order valence-electron chi connectivity index (χ3n) is 4.00. The Balaban J connectivity index is 1.66. The van der Waals surface area contributed by atoms with Gasteiger partial charge in [-0.3, -0.25) is 4.98 Å². The number of rotatable bonds is 6. The molecule has 3 aromatic rings. The molecule has 0 bridgehead atoms. The van der Waals surface area contributed by atoms with E-state index < -0.39 is 6.36 Å². The third kappa shape index (κ3) is 5.69. The number of aromatic nitrogens is 3. The molecule has 0 saturated heterocycles. The standard InChI is InChI=1S/C19H17F3N4O4/c1-11(13-3-5-15(6-4-13)30-19(20,21)22)7-17(26-27)29-16-8-14(9-23-10-16)18-25-24-12(2)28-18/h3-6,8-11,27H,7H2,1-2H3/b26-17+. The zero-order valence-electron chi connectivity index (χ0n) is 15.9. The maximum atomic E-state index is 12.3. The Hall–Kier alpha value is -3.63. The Bertz CT molecular complexity index is 1020. The SMILES string of the molecule is Cc1nnc(-c2cncc(O/C(CC(C)c3ccc(OC(F)(F)F)cc3)=N/O)c2)o1. The Morgan fingerprint density at radius 1 is 1.17 bits per heavy atom. The van der Waals surface area contributed by atoms with E-state index in [1.807, 2.05) is 6.92 Å². The highest BCUT2D eigenvalue weighted by Gasteiger charge is 2.31. The number of halogens is 3. The fraction of sp³-hybridized carbons (Fsp3) is 0.263. The van der Waals surface area contributed by atoms with Gasteiger partial charge in [-0.2, -0.15) is 0 Å². The van der Waals surface area contributed by atoms with Crippen LogP contribution in [0.4, 0.5) is 13.2 Å². The van der Waals surface area contributed by atoms with Crippen LogP contribution in [0.15, 0.2) is 52.3 Å². The first-order valence-electron chi connectivity index (χ1n) is 8.73. The zero-order valence-corrected chi connectivity index (χ0v) is 15.9. The van der Waals surface area contributed by atoms with Crippen molar-refractivity contribution in [3.8, 4) is 23.0 Å². The molecule has 1 atom stereocenters. The monoisotopic (exact) mass is 422 g/mol. The van der Waals surface area contributed by atoms with Crippen molar-refractivity contribution in [1.29, 1.82) is 0 Å². The normalized spacial score (nSPS) is 13.2. The van der Waals surface area contributed by atoms with E-state index in [0.29, 0.717) is 17.0 Å². The molecule has 8 nitrogen and oxygen atoms in total. The summed E-state index contributed by atoms with van der Waals surface area (Å²) in [6, 6.07) is 7.03. The number of nitrogens with zero attached hydrogens (tertiary/aromatic N) is 4. The molecule has 0 fully saturated rings. The number of pyridine rings is 1. The fourth-order valence-electron chi connectivity index (χ4n) is 2.62. The topological polar surface area (TPSA) is 103 Å². The van der Waals surface area contributed by atoms with Crippen molar-refractivity contribution in [2.24, 2.45) is 5.16 Å². The highest BCUT2D eigenvalue weighted by molar-refractivity contribution is 5.79. The van der Waals surface area contributed by atoms with Crippen LogP contribution in [0, 0.1) is 6.92 Å². The average Bonchev–Trinajstić information content (AvgIpc) is 3.13. The lowest BCUT2D eigenvalue weighted by atomic mass is 9.98. The van der Waals surface area contributed by atoms with Crippen LogP contribution in [0.5, 0.6) is 11.5 Å². The number of hydrogen-bond donors (Lipinski definition) is 1. The molecular weight excluding hydrogens is 405 g/mol. The highest BCUT2D eigenvalue weighted by Crippen LogP contribution is 2.27. The van der Waals surface area contributed by atoms with Crippen LogP contribution in [0.25, 0.3) is 11.5 Å². The molecule has 0 aliphatic carbocycles. The molecule has 0 spiro atoms. The number of ether oxygens (including phenoxy) is 2. The lowest BCUT2D eigenvalue weighted by Gasteiger charge is -2.15. The maximum Gasteiger partial charge on any atom is 0.573 e. The van der Waals surface area contributed by atoms with Gasteiger partial charge in [-0.25, -0.2) is 0 Å².